The average molecular weight is 344 g/mol. The minimum atomic E-state index is -0.501. The first-order valence-electron chi connectivity index (χ1n) is 9.19. The van der Waals surface area contributed by atoms with Crippen LogP contribution in [0.3, 0.4) is 0 Å². The second-order valence-electron chi connectivity index (χ2n) is 8.95. The summed E-state index contributed by atoms with van der Waals surface area (Å²) >= 11 is 0. The number of carbonyl (C=O) groups is 3. The van der Waals surface area contributed by atoms with Crippen molar-refractivity contribution in [2.75, 3.05) is 7.11 Å². The number of fused-ring (bicyclic) bond motifs is 2. The minimum absolute atomic E-state index is 0.0197. The zero-order valence-electron chi connectivity index (χ0n) is 16.1. The number of hydrogen-bond donors (Lipinski definition) is 0. The monoisotopic (exact) mass is 344 g/mol. The van der Waals surface area contributed by atoms with Crippen LogP contribution >= 0.6 is 0 Å². The number of methoxy groups -OCH3 is 1. The normalized spacial score (nSPS) is 34.4. The van der Waals surface area contributed by atoms with E-state index in [1.165, 1.54) is 7.11 Å². The number of ketones is 2. The van der Waals surface area contributed by atoms with Crippen molar-refractivity contribution in [2.45, 2.75) is 53.9 Å². The smallest absolute Gasteiger partial charge is 0.224 e. The fraction of sp³-hybridized carbons (Fsp3) is 0.667. The second-order valence-corrected chi connectivity index (χ2v) is 8.95. The highest BCUT2D eigenvalue weighted by molar-refractivity contribution is 6.26. The molecule has 0 amide bonds. The lowest BCUT2D eigenvalue weighted by Gasteiger charge is -2.49. The van der Waals surface area contributed by atoms with E-state index in [2.05, 4.69) is 20.8 Å². The van der Waals surface area contributed by atoms with Gasteiger partial charge < -0.3 is 9.53 Å². The number of ether oxygens (including phenoxy) is 1. The molecule has 0 aliphatic heterocycles. The Kier molecular flexibility index (Phi) is 4.09. The fourth-order valence-corrected chi connectivity index (χ4v) is 5.89. The molecule has 3 rings (SSSR count). The Labute approximate surface area is 149 Å². The largest absolute Gasteiger partial charge is 0.492 e. The van der Waals surface area contributed by atoms with Gasteiger partial charge in [0.1, 0.15) is 6.29 Å². The highest BCUT2D eigenvalue weighted by Crippen LogP contribution is 2.64. The van der Waals surface area contributed by atoms with E-state index in [0.717, 1.165) is 25.5 Å². The summed E-state index contributed by atoms with van der Waals surface area (Å²) < 4.78 is 5.39. The third-order valence-electron chi connectivity index (χ3n) is 6.67. The first-order valence-corrected chi connectivity index (χ1v) is 9.19. The summed E-state index contributed by atoms with van der Waals surface area (Å²) in [6.45, 7) is 10.2. The quantitative estimate of drug-likeness (QED) is 0.579. The Morgan fingerprint density at radius 2 is 1.76 bits per heavy atom. The van der Waals surface area contributed by atoms with Crippen molar-refractivity contribution in [3.8, 4) is 0 Å². The van der Waals surface area contributed by atoms with Gasteiger partial charge in [0.05, 0.1) is 7.11 Å². The highest BCUT2D eigenvalue weighted by Gasteiger charge is 2.62. The molecule has 0 spiro atoms. The van der Waals surface area contributed by atoms with Crippen LogP contribution in [-0.4, -0.2) is 25.0 Å². The molecule has 25 heavy (non-hydrogen) atoms. The fourth-order valence-electron chi connectivity index (χ4n) is 5.89. The molecule has 4 nitrogen and oxygen atoms in total. The zero-order chi connectivity index (χ0) is 18.7. The molecule has 3 aliphatic carbocycles. The van der Waals surface area contributed by atoms with E-state index in [4.69, 9.17) is 4.74 Å². The molecule has 0 unspecified atom stereocenters. The molecule has 1 fully saturated rings. The van der Waals surface area contributed by atoms with Crippen LogP contribution in [0.5, 0.6) is 0 Å². The van der Waals surface area contributed by atoms with E-state index < -0.39 is 11.3 Å². The van der Waals surface area contributed by atoms with Crippen molar-refractivity contribution in [1.82, 2.24) is 0 Å². The Balaban J connectivity index is 2.26. The highest BCUT2D eigenvalue weighted by atomic mass is 16.5. The van der Waals surface area contributed by atoms with Crippen LogP contribution in [0.25, 0.3) is 0 Å². The molecule has 0 heterocycles. The van der Waals surface area contributed by atoms with Crippen molar-refractivity contribution in [1.29, 1.82) is 0 Å². The van der Waals surface area contributed by atoms with Gasteiger partial charge in [0, 0.05) is 28.1 Å². The molecule has 3 aliphatic rings. The lowest BCUT2D eigenvalue weighted by Crippen LogP contribution is -2.44. The Morgan fingerprint density at radius 1 is 1.12 bits per heavy atom. The van der Waals surface area contributed by atoms with Crippen molar-refractivity contribution >= 4 is 17.9 Å². The molecule has 136 valence electrons. The molecule has 0 aromatic carbocycles. The Hall–Kier alpha value is -1.71. The molecule has 1 saturated carbocycles. The van der Waals surface area contributed by atoms with Gasteiger partial charge >= 0.3 is 0 Å². The number of allylic oxidation sites excluding steroid dienone is 3. The lowest BCUT2D eigenvalue weighted by atomic mass is 9.54. The molecule has 0 aromatic rings. The second kappa shape index (κ2) is 5.65. The van der Waals surface area contributed by atoms with Crippen LogP contribution in [0, 0.1) is 28.6 Å². The summed E-state index contributed by atoms with van der Waals surface area (Å²) in [4.78, 5) is 38.7. The third-order valence-corrected chi connectivity index (χ3v) is 6.67. The van der Waals surface area contributed by atoms with E-state index in [1.807, 2.05) is 13.8 Å². The predicted molar refractivity (Wildman–Crippen MR) is 94.7 cm³/mol. The lowest BCUT2D eigenvalue weighted by molar-refractivity contribution is -0.120. The number of carbonyl (C=O) groups excluding carboxylic acids is 3. The summed E-state index contributed by atoms with van der Waals surface area (Å²) in [5.41, 5.74) is 0.877. The van der Waals surface area contributed by atoms with Crippen molar-refractivity contribution in [2.24, 2.45) is 28.6 Å². The topological polar surface area (TPSA) is 60.4 Å². The molecule has 0 saturated heterocycles. The van der Waals surface area contributed by atoms with Crippen LogP contribution in [0.1, 0.15) is 53.9 Å². The van der Waals surface area contributed by atoms with Crippen LogP contribution < -0.4 is 0 Å². The molecular weight excluding hydrogens is 316 g/mol. The van der Waals surface area contributed by atoms with Gasteiger partial charge in [-0.15, -0.1) is 0 Å². The predicted octanol–water partition coefficient (Wildman–Crippen LogP) is 3.65. The van der Waals surface area contributed by atoms with E-state index in [-0.39, 0.29) is 34.6 Å². The molecule has 3 atom stereocenters. The molecular formula is C21H28O4. The molecule has 0 radical (unpaired) electrons. The molecule has 4 heteroatoms. The SMILES string of the molecule is COC1=C(C(C)C)C(=O)C2=C(C1=O)[C@@]1(C)CCCC(C)(C)[C@@H]1[C@H]2C=O. The van der Waals surface area contributed by atoms with Crippen molar-refractivity contribution in [3.05, 3.63) is 22.5 Å². The minimum Gasteiger partial charge on any atom is -0.492 e. The van der Waals surface area contributed by atoms with Crippen LogP contribution in [0.15, 0.2) is 22.5 Å². The van der Waals surface area contributed by atoms with Gasteiger partial charge in [-0.3, -0.25) is 9.59 Å². The Morgan fingerprint density at radius 3 is 2.28 bits per heavy atom. The zero-order valence-corrected chi connectivity index (χ0v) is 16.1. The average Bonchev–Trinajstić information content (AvgIpc) is 2.80. The first kappa shape index (κ1) is 18.1. The van der Waals surface area contributed by atoms with E-state index in [9.17, 15) is 14.4 Å². The van der Waals surface area contributed by atoms with Gasteiger partial charge in [-0.05, 0) is 30.1 Å². The van der Waals surface area contributed by atoms with E-state index in [1.54, 1.807) is 0 Å². The van der Waals surface area contributed by atoms with Gasteiger partial charge in [-0.25, -0.2) is 0 Å². The van der Waals surface area contributed by atoms with Gasteiger partial charge in [-0.1, -0.05) is 41.0 Å². The molecule has 0 bridgehead atoms. The third kappa shape index (κ3) is 2.22. The maximum absolute atomic E-state index is 13.3. The van der Waals surface area contributed by atoms with Gasteiger partial charge in [-0.2, -0.15) is 0 Å². The van der Waals surface area contributed by atoms with Crippen LogP contribution in [-0.2, 0) is 19.1 Å². The molecule has 0 N–H and O–H groups in total. The summed E-state index contributed by atoms with van der Waals surface area (Å²) in [6.07, 6.45) is 3.73. The maximum Gasteiger partial charge on any atom is 0.224 e. The number of hydrogen-bond acceptors (Lipinski definition) is 4. The van der Waals surface area contributed by atoms with E-state index in [0.29, 0.717) is 16.7 Å². The first-order chi connectivity index (χ1) is 11.6. The number of Topliss-reactive ketones (excluding diaryl/α,β-unsaturated/α-hetero) is 2. The maximum atomic E-state index is 13.3. The molecule has 0 aromatic heterocycles. The van der Waals surface area contributed by atoms with E-state index >= 15 is 0 Å². The van der Waals surface area contributed by atoms with Gasteiger partial charge in [0.15, 0.2) is 11.5 Å². The number of rotatable bonds is 3. The van der Waals surface area contributed by atoms with Gasteiger partial charge in [0.25, 0.3) is 0 Å². The summed E-state index contributed by atoms with van der Waals surface area (Å²) in [6, 6.07) is 0. The summed E-state index contributed by atoms with van der Waals surface area (Å²) in [5.74, 6) is -0.821. The standard InChI is InChI=1S/C21H28O4/c1-11(2)13-16(23)14-12(10-22)19-20(3,4)8-7-9-21(19,5)15(14)17(24)18(13)25-6/h10-12,19H,7-9H2,1-6H3/t12-,19-,21+/m0/s1. The summed E-state index contributed by atoms with van der Waals surface area (Å²) in [5, 5.41) is 0. The summed E-state index contributed by atoms with van der Waals surface area (Å²) in [7, 11) is 1.45. The number of aldehydes is 1. The Bertz CT molecular complexity index is 722. The van der Waals surface area contributed by atoms with Crippen LogP contribution in [0.4, 0.5) is 0 Å². The van der Waals surface area contributed by atoms with Crippen molar-refractivity contribution < 1.29 is 19.1 Å². The van der Waals surface area contributed by atoms with Crippen molar-refractivity contribution in [3.63, 3.8) is 0 Å². The van der Waals surface area contributed by atoms with Crippen LogP contribution in [0.2, 0.25) is 0 Å². The van der Waals surface area contributed by atoms with Gasteiger partial charge in [0.2, 0.25) is 5.78 Å².